The molecule has 1 N–H and O–H groups in total. The number of rotatable bonds is 8. The number of benzene rings is 1. The van der Waals surface area contributed by atoms with E-state index in [2.05, 4.69) is 47.5 Å². The molecule has 1 heterocycles. The van der Waals surface area contributed by atoms with Crippen molar-refractivity contribution in [2.75, 3.05) is 32.7 Å². The van der Waals surface area contributed by atoms with Crippen LogP contribution in [0.5, 0.6) is 0 Å². The average molecular weight is 329 g/mol. The van der Waals surface area contributed by atoms with Crippen LogP contribution in [-0.2, 0) is 0 Å². The van der Waals surface area contributed by atoms with Crippen LogP contribution in [-0.4, -0.2) is 48.6 Å². The summed E-state index contributed by atoms with van der Waals surface area (Å²) in [6.07, 6.45) is 6.12. The van der Waals surface area contributed by atoms with Gasteiger partial charge in [-0.05, 0) is 56.7 Å². The van der Waals surface area contributed by atoms with Crippen LogP contribution in [0.2, 0.25) is 0 Å². The topological polar surface area (TPSA) is 35.6 Å². The fourth-order valence-corrected chi connectivity index (χ4v) is 3.64. The maximum Gasteiger partial charge on any atom is 0.317 e. The van der Waals surface area contributed by atoms with Crippen LogP contribution in [0, 0.1) is 5.92 Å². The molecule has 1 aliphatic heterocycles. The smallest absolute Gasteiger partial charge is 0.317 e. The molecular formula is C20H31N3O. The zero-order valence-electron chi connectivity index (χ0n) is 14.9. The van der Waals surface area contributed by atoms with Gasteiger partial charge in [-0.15, -0.1) is 0 Å². The number of hydrogen-bond donors (Lipinski definition) is 1. The summed E-state index contributed by atoms with van der Waals surface area (Å²) in [7, 11) is 0. The lowest BCUT2D eigenvalue weighted by atomic mass is 10.1. The fourth-order valence-electron chi connectivity index (χ4n) is 3.64. The lowest BCUT2D eigenvalue weighted by molar-refractivity contribution is 0.185. The van der Waals surface area contributed by atoms with E-state index in [0.29, 0.717) is 12.6 Å². The first-order valence-corrected chi connectivity index (χ1v) is 9.59. The maximum absolute atomic E-state index is 12.6. The van der Waals surface area contributed by atoms with Crippen molar-refractivity contribution in [2.24, 2.45) is 5.92 Å². The second-order valence-corrected chi connectivity index (χ2v) is 7.25. The first-order valence-electron chi connectivity index (χ1n) is 9.59. The molecule has 1 atom stereocenters. The van der Waals surface area contributed by atoms with E-state index < -0.39 is 0 Å². The number of hydrogen-bond acceptors (Lipinski definition) is 2. The third-order valence-corrected chi connectivity index (χ3v) is 5.17. The molecule has 4 heteroatoms. The maximum atomic E-state index is 12.6. The third kappa shape index (κ3) is 4.73. The molecule has 1 aromatic rings. The molecule has 1 unspecified atom stereocenters. The van der Waals surface area contributed by atoms with E-state index in [1.165, 1.54) is 31.2 Å². The standard InChI is InChI=1S/C20H31N3O/c1-2-12-23(16-17-10-11-17)20(24)21-15-19(22-13-6-7-14-22)18-8-4-3-5-9-18/h3-5,8-9,17,19H,2,6-7,10-16H2,1H3,(H,21,24). The van der Waals surface area contributed by atoms with Gasteiger partial charge in [-0.1, -0.05) is 37.3 Å². The van der Waals surface area contributed by atoms with Crippen molar-refractivity contribution in [3.63, 3.8) is 0 Å². The Labute approximate surface area is 146 Å². The first kappa shape index (κ1) is 17.3. The highest BCUT2D eigenvalue weighted by atomic mass is 16.2. The molecule has 4 nitrogen and oxygen atoms in total. The molecule has 2 aliphatic rings. The van der Waals surface area contributed by atoms with Crippen LogP contribution < -0.4 is 5.32 Å². The Balaban J connectivity index is 1.60. The number of carbonyl (C=O) groups is 1. The van der Waals surface area contributed by atoms with Crippen molar-refractivity contribution in [1.29, 1.82) is 0 Å². The van der Waals surface area contributed by atoms with Gasteiger partial charge in [-0.2, -0.15) is 0 Å². The number of likely N-dealkylation sites (tertiary alicyclic amines) is 1. The number of amides is 2. The van der Waals surface area contributed by atoms with Gasteiger partial charge in [0.25, 0.3) is 0 Å². The second-order valence-electron chi connectivity index (χ2n) is 7.25. The molecule has 132 valence electrons. The fraction of sp³-hybridized carbons (Fsp3) is 0.650. The highest BCUT2D eigenvalue weighted by Crippen LogP contribution is 2.30. The molecule has 1 aromatic carbocycles. The van der Waals surface area contributed by atoms with Gasteiger partial charge in [0.2, 0.25) is 0 Å². The van der Waals surface area contributed by atoms with Crippen molar-refractivity contribution < 1.29 is 4.79 Å². The SMILES string of the molecule is CCCN(CC1CC1)C(=O)NCC(c1ccccc1)N1CCCC1. The van der Waals surface area contributed by atoms with Gasteiger partial charge in [0.15, 0.2) is 0 Å². The minimum Gasteiger partial charge on any atom is -0.336 e. The van der Waals surface area contributed by atoms with Crippen LogP contribution in [0.25, 0.3) is 0 Å². The molecule has 1 saturated heterocycles. The second kappa shape index (κ2) is 8.52. The van der Waals surface area contributed by atoms with Gasteiger partial charge < -0.3 is 10.2 Å². The molecule has 2 amide bonds. The predicted molar refractivity (Wildman–Crippen MR) is 98.0 cm³/mol. The lowest BCUT2D eigenvalue weighted by Gasteiger charge is -2.30. The third-order valence-electron chi connectivity index (χ3n) is 5.17. The van der Waals surface area contributed by atoms with Crippen LogP contribution in [0.15, 0.2) is 30.3 Å². The summed E-state index contributed by atoms with van der Waals surface area (Å²) < 4.78 is 0. The molecule has 1 saturated carbocycles. The van der Waals surface area contributed by atoms with Gasteiger partial charge in [-0.3, -0.25) is 4.90 Å². The van der Waals surface area contributed by atoms with Gasteiger partial charge in [0, 0.05) is 19.6 Å². The minimum absolute atomic E-state index is 0.115. The number of nitrogens with zero attached hydrogens (tertiary/aromatic N) is 2. The van der Waals surface area contributed by atoms with E-state index in [0.717, 1.165) is 38.5 Å². The monoisotopic (exact) mass is 329 g/mol. The van der Waals surface area contributed by atoms with Crippen molar-refractivity contribution >= 4 is 6.03 Å². The Hall–Kier alpha value is -1.55. The molecular weight excluding hydrogens is 298 g/mol. The van der Waals surface area contributed by atoms with Gasteiger partial charge in [0.1, 0.15) is 0 Å². The molecule has 2 fully saturated rings. The Morgan fingerprint density at radius 1 is 1.25 bits per heavy atom. The van der Waals surface area contributed by atoms with Gasteiger partial charge in [-0.25, -0.2) is 4.79 Å². The number of nitrogens with one attached hydrogen (secondary N) is 1. The molecule has 3 rings (SSSR count). The number of carbonyl (C=O) groups excluding carboxylic acids is 1. The molecule has 0 radical (unpaired) electrons. The van der Waals surface area contributed by atoms with Gasteiger partial charge in [0.05, 0.1) is 6.04 Å². The molecule has 24 heavy (non-hydrogen) atoms. The van der Waals surface area contributed by atoms with Crippen LogP contribution in [0.4, 0.5) is 4.79 Å². The molecule has 0 aromatic heterocycles. The van der Waals surface area contributed by atoms with Crippen LogP contribution in [0.1, 0.15) is 50.6 Å². The largest absolute Gasteiger partial charge is 0.336 e. The molecule has 0 spiro atoms. The predicted octanol–water partition coefficient (Wildman–Crippen LogP) is 3.66. The Bertz CT molecular complexity index is 509. The van der Waals surface area contributed by atoms with Crippen molar-refractivity contribution in [3.05, 3.63) is 35.9 Å². The van der Waals surface area contributed by atoms with Crippen molar-refractivity contribution in [3.8, 4) is 0 Å². The summed E-state index contributed by atoms with van der Waals surface area (Å²) in [5.41, 5.74) is 1.31. The summed E-state index contributed by atoms with van der Waals surface area (Å²) >= 11 is 0. The van der Waals surface area contributed by atoms with E-state index in [-0.39, 0.29) is 6.03 Å². The Morgan fingerprint density at radius 3 is 2.58 bits per heavy atom. The summed E-state index contributed by atoms with van der Waals surface area (Å²) in [5, 5.41) is 3.22. The summed E-state index contributed by atoms with van der Waals surface area (Å²) in [6.45, 7) is 6.91. The lowest BCUT2D eigenvalue weighted by Crippen LogP contribution is -2.45. The van der Waals surface area contributed by atoms with E-state index >= 15 is 0 Å². The van der Waals surface area contributed by atoms with E-state index in [1.54, 1.807) is 0 Å². The highest BCUT2D eigenvalue weighted by molar-refractivity contribution is 5.74. The van der Waals surface area contributed by atoms with E-state index in [9.17, 15) is 4.79 Å². The van der Waals surface area contributed by atoms with Crippen molar-refractivity contribution in [1.82, 2.24) is 15.1 Å². The first-order chi connectivity index (χ1) is 11.8. The van der Waals surface area contributed by atoms with E-state index in [4.69, 9.17) is 0 Å². The van der Waals surface area contributed by atoms with Gasteiger partial charge >= 0.3 is 6.03 Å². The zero-order chi connectivity index (χ0) is 16.8. The Kier molecular flexibility index (Phi) is 6.13. The minimum atomic E-state index is 0.115. The zero-order valence-corrected chi connectivity index (χ0v) is 14.9. The Morgan fingerprint density at radius 2 is 1.96 bits per heavy atom. The normalized spacial score (nSPS) is 19.2. The summed E-state index contributed by atoms with van der Waals surface area (Å²) in [5.74, 6) is 0.741. The summed E-state index contributed by atoms with van der Waals surface area (Å²) in [6, 6.07) is 11.0. The number of urea groups is 1. The van der Waals surface area contributed by atoms with Crippen LogP contribution in [0.3, 0.4) is 0 Å². The summed E-state index contributed by atoms with van der Waals surface area (Å²) in [4.78, 5) is 17.2. The quantitative estimate of drug-likeness (QED) is 0.790. The average Bonchev–Trinajstić information content (AvgIpc) is 3.26. The molecule has 1 aliphatic carbocycles. The van der Waals surface area contributed by atoms with Crippen LogP contribution >= 0.6 is 0 Å². The highest BCUT2D eigenvalue weighted by Gasteiger charge is 2.28. The van der Waals surface area contributed by atoms with Crippen molar-refractivity contribution in [2.45, 2.75) is 45.1 Å². The molecule has 0 bridgehead atoms. The van der Waals surface area contributed by atoms with E-state index in [1.807, 2.05) is 4.90 Å².